The molecule has 0 saturated carbocycles. The van der Waals surface area contributed by atoms with Gasteiger partial charge in [-0.15, -0.1) is 0 Å². The Labute approximate surface area is 162 Å². The van der Waals surface area contributed by atoms with Crippen LogP contribution in [0.5, 0.6) is 0 Å². The fourth-order valence-corrected chi connectivity index (χ4v) is 3.54. The zero-order valence-corrected chi connectivity index (χ0v) is 16.9. The van der Waals surface area contributed by atoms with Crippen LogP contribution in [0.3, 0.4) is 0 Å². The lowest BCUT2D eigenvalue weighted by Crippen LogP contribution is -2.38. The predicted molar refractivity (Wildman–Crippen MR) is 107 cm³/mol. The average Bonchev–Trinajstić information content (AvgIpc) is 3.31. The van der Waals surface area contributed by atoms with E-state index in [0.717, 1.165) is 25.1 Å². The fraction of sp³-hybridized carbons (Fsp3) is 0.545. The molecule has 1 aromatic heterocycles. The molecule has 5 heteroatoms. The molecular formula is C22H31N3O2. The Kier molecular flexibility index (Phi) is 6.32. The van der Waals surface area contributed by atoms with Gasteiger partial charge < -0.3 is 9.64 Å². The second kappa shape index (κ2) is 8.70. The first-order valence-electron chi connectivity index (χ1n) is 10.0. The van der Waals surface area contributed by atoms with Crippen LogP contribution in [0, 0.1) is 6.92 Å². The lowest BCUT2D eigenvalue weighted by Gasteiger charge is -2.26. The molecular weight excluding hydrogens is 338 g/mol. The van der Waals surface area contributed by atoms with Crippen molar-refractivity contribution >= 4 is 5.91 Å². The van der Waals surface area contributed by atoms with Crippen LogP contribution in [0.15, 0.2) is 30.3 Å². The van der Waals surface area contributed by atoms with Crippen LogP contribution < -0.4 is 0 Å². The van der Waals surface area contributed by atoms with E-state index in [1.54, 1.807) is 0 Å². The summed E-state index contributed by atoms with van der Waals surface area (Å²) in [6.07, 6.45) is 2.21. The molecule has 2 heterocycles. The highest BCUT2D eigenvalue weighted by atomic mass is 16.5. The molecule has 1 aliphatic heterocycles. The van der Waals surface area contributed by atoms with Crippen molar-refractivity contribution in [1.29, 1.82) is 0 Å². The number of hydrogen-bond acceptors (Lipinski definition) is 3. The van der Waals surface area contributed by atoms with Gasteiger partial charge in [0.25, 0.3) is 5.91 Å². The first-order chi connectivity index (χ1) is 13.0. The normalized spacial score (nSPS) is 16.9. The monoisotopic (exact) mass is 369 g/mol. The number of hydrogen-bond donors (Lipinski definition) is 0. The smallest absolute Gasteiger partial charge is 0.272 e. The van der Waals surface area contributed by atoms with E-state index in [4.69, 9.17) is 4.74 Å². The zero-order chi connectivity index (χ0) is 19.4. The molecule has 5 nitrogen and oxygen atoms in total. The highest BCUT2D eigenvalue weighted by Gasteiger charge is 2.26. The maximum absolute atomic E-state index is 13.5. The van der Waals surface area contributed by atoms with Gasteiger partial charge in [-0.1, -0.05) is 38.1 Å². The van der Waals surface area contributed by atoms with Crippen molar-refractivity contribution in [3.63, 3.8) is 0 Å². The van der Waals surface area contributed by atoms with Gasteiger partial charge in [-0.3, -0.25) is 9.48 Å². The molecule has 146 valence electrons. The topological polar surface area (TPSA) is 47.4 Å². The molecule has 0 bridgehead atoms. The van der Waals surface area contributed by atoms with E-state index in [1.807, 2.05) is 34.7 Å². The van der Waals surface area contributed by atoms with Gasteiger partial charge in [-0.2, -0.15) is 5.10 Å². The highest BCUT2D eigenvalue weighted by molar-refractivity contribution is 5.92. The number of benzene rings is 1. The van der Waals surface area contributed by atoms with Gasteiger partial charge in [0.1, 0.15) is 5.69 Å². The summed E-state index contributed by atoms with van der Waals surface area (Å²) < 4.78 is 7.65. The van der Waals surface area contributed by atoms with Crippen LogP contribution in [0.25, 0.3) is 0 Å². The van der Waals surface area contributed by atoms with E-state index in [2.05, 4.69) is 38.0 Å². The largest absolute Gasteiger partial charge is 0.376 e. The molecule has 1 atom stereocenters. The van der Waals surface area contributed by atoms with Gasteiger partial charge in [-0.05, 0) is 49.8 Å². The minimum atomic E-state index is 0.0370. The zero-order valence-electron chi connectivity index (χ0n) is 16.9. The number of aryl methyl sites for hydroxylation is 2. The van der Waals surface area contributed by atoms with E-state index < -0.39 is 0 Å². The molecule has 0 radical (unpaired) electrons. The van der Waals surface area contributed by atoms with Crippen molar-refractivity contribution in [3.8, 4) is 0 Å². The number of carbonyl (C=O) groups excluding carboxylic acids is 1. The summed E-state index contributed by atoms with van der Waals surface area (Å²) in [5, 5.41) is 4.63. The first kappa shape index (κ1) is 19.6. The summed E-state index contributed by atoms with van der Waals surface area (Å²) >= 11 is 0. The molecule has 1 unspecified atom stereocenters. The molecule has 1 amide bonds. The molecule has 1 fully saturated rings. The molecule has 1 saturated heterocycles. The summed E-state index contributed by atoms with van der Waals surface area (Å²) in [5.41, 5.74) is 4.02. The Balaban J connectivity index is 1.89. The Morgan fingerprint density at radius 3 is 2.78 bits per heavy atom. The van der Waals surface area contributed by atoms with E-state index in [9.17, 15) is 4.79 Å². The number of ether oxygens (including phenoxy) is 1. The second-order valence-electron chi connectivity index (χ2n) is 7.67. The minimum Gasteiger partial charge on any atom is -0.376 e. The van der Waals surface area contributed by atoms with Crippen molar-refractivity contribution in [2.24, 2.45) is 0 Å². The highest BCUT2D eigenvalue weighted by Crippen LogP contribution is 2.21. The Bertz CT molecular complexity index is 776. The molecule has 0 spiro atoms. The number of rotatable bonds is 7. The minimum absolute atomic E-state index is 0.0370. The second-order valence-corrected chi connectivity index (χ2v) is 7.67. The number of amides is 1. The van der Waals surface area contributed by atoms with E-state index in [1.165, 1.54) is 11.1 Å². The van der Waals surface area contributed by atoms with Crippen LogP contribution >= 0.6 is 0 Å². The third-order valence-corrected chi connectivity index (χ3v) is 5.27. The molecule has 1 aromatic carbocycles. The van der Waals surface area contributed by atoms with Crippen LogP contribution in [0.1, 0.15) is 66.8 Å². The summed E-state index contributed by atoms with van der Waals surface area (Å²) in [4.78, 5) is 15.4. The predicted octanol–water partition coefficient (Wildman–Crippen LogP) is 4.16. The van der Waals surface area contributed by atoms with Crippen LogP contribution in [-0.4, -0.2) is 39.8 Å². The van der Waals surface area contributed by atoms with Gasteiger partial charge >= 0.3 is 0 Å². The van der Waals surface area contributed by atoms with Crippen molar-refractivity contribution in [3.05, 3.63) is 52.8 Å². The van der Waals surface area contributed by atoms with Crippen LogP contribution in [-0.2, 0) is 17.8 Å². The van der Waals surface area contributed by atoms with Gasteiger partial charge in [0.2, 0.25) is 0 Å². The van der Waals surface area contributed by atoms with Gasteiger partial charge in [0.05, 0.1) is 11.8 Å². The fourth-order valence-electron chi connectivity index (χ4n) is 3.54. The molecule has 0 N–H and O–H groups in total. The van der Waals surface area contributed by atoms with Crippen molar-refractivity contribution in [1.82, 2.24) is 14.7 Å². The summed E-state index contributed by atoms with van der Waals surface area (Å²) in [7, 11) is 0. The van der Waals surface area contributed by atoms with E-state index in [0.29, 0.717) is 31.2 Å². The van der Waals surface area contributed by atoms with Gasteiger partial charge in [0.15, 0.2) is 0 Å². The third-order valence-electron chi connectivity index (χ3n) is 5.27. The Morgan fingerprint density at radius 2 is 2.15 bits per heavy atom. The summed E-state index contributed by atoms with van der Waals surface area (Å²) in [6.45, 7) is 11.0. The Hall–Kier alpha value is -2.14. The lowest BCUT2D eigenvalue weighted by molar-refractivity contribution is 0.0497. The van der Waals surface area contributed by atoms with Crippen molar-refractivity contribution < 1.29 is 9.53 Å². The van der Waals surface area contributed by atoms with Gasteiger partial charge in [-0.25, -0.2) is 0 Å². The standard InChI is InChI=1S/C22H31N3O2/c1-5-25-21(13-20(23-25)16(2)3)22(26)24(15-19-11-8-12-27-19)14-18-10-7-6-9-17(18)4/h6-7,9-10,13,16,19H,5,8,11-12,14-15H2,1-4H3. The average molecular weight is 370 g/mol. The Morgan fingerprint density at radius 1 is 1.37 bits per heavy atom. The van der Waals surface area contributed by atoms with Crippen molar-refractivity contribution in [2.45, 2.75) is 65.6 Å². The number of nitrogens with zero attached hydrogens (tertiary/aromatic N) is 3. The van der Waals surface area contributed by atoms with E-state index >= 15 is 0 Å². The number of aromatic nitrogens is 2. The summed E-state index contributed by atoms with van der Waals surface area (Å²) in [5.74, 6) is 0.335. The van der Waals surface area contributed by atoms with Gasteiger partial charge in [0, 0.05) is 26.2 Å². The molecule has 1 aliphatic rings. The van der Waals surface area contributed by atoms with Crippen LogP contribution in [0.2, 0.25) is 0 Å². The molecule has 27 heavy (non-hydrogen) atoms. The quantitative estimate of drug-likeness (QED) is 0.736. The maximum atomic E-state index is 13.5. The first-order valence-corrected chi connectivity index (χ1v) is 10.0. The van der Waals surface area contributed by atoms with Crippen LogP contribution in [0.4, 0.5) is 0 Å². The third kappa shape index (κ3) is 4.59. The van der Waals surface area contributed by atoms with Crippen molar-refractivity contribution in [2.75, 3.05) is 13.2 Å². The maximum Gasteiger partial charge on any atom is 0.272 e. The molecule has 3 rings (SSSR count). The number of carbonyl (C=O) groups is 1. The molecule has 0 aliphatic carbocycles. The van der Waals surface area contributed by atoms with E-state index in [-0.39, 0.29) is 12.0 Å². The SMILES string of the molecule is CCn1nc(C(C)C)cc1C(=O)N(Cc1ccccc1C)CC1CCCO1. The molecule has 2 aromatic rings. The summed E-state index contributed by atoms with van der Waals surface area (Å²) in [6, 6.07) is 10.2. The lowest BCUT2D eigenvalue weighted by atomic mass is 10.1.